The molecule has 2 heteroatoms. The summed E-state index contributed by atoms with van der Waals surface area (Å²) in [5, 5.41) is 4.57. The van der Waals surface area contributed by atoms with Crippen molar-refractivity contribution < 1.29 is 4.42 Å². The van der Waals surface area contributed by atoms with Gasteiger partial charge in [0.25, 0.3) is 0 Å². The second-order valence-corrected chi connectivity index (χ2v) is 4.93. The molecule has 0 bridgehead atoms. The zero-order valence-corrected chi connectivity index (χ0v) is 10.9. The Morgan fingerprint density at radius 1 is 1.24 bits per heavy atom. The first-order valence-corrected chi connectivity index (χ1v) is 6.35. The quantitative estimate of drug-likeness (QED) is 0.850. The SMILES string of the molecule is CNC(CCc1cc2ccccc2o1)C(C)C. The largest absolute Gasteiger partial charge is 0.461 e. The number of aryl methyl sites for hydroxylation is 1. The predicted molar refractivity (Wildman–Crippen MR) is 72.2 cm³/mol. The van der Waals surface area contributed by atoms with Crippen LogP contribution in [0.1, 0.15) is 26.0 Å². The molecule has 1 heterocycles. The first-order valence-electron chi connectivity index (χ1n) is 6.35. The number of hydrogen-bond donors (Lipinski definition) is 1. The Morgan fingerprint density at radius 3 is 2.65 bits per heavy atom. The van der Waals surface area contributed by atoms with Gasteiger partial charge in [-0.2, -0.15) is 0 Å². The lowest BCUT2D eigenvalue weighted by Gasteiger charge is -2.19. The Balaban J connectivity index is 2.03. The Labute approximate surface area is 103 Å². The van der Waals surface area contributed by atoms with Crippen LogP contribution in [-0.4, -0.2) is 13.1 Å². The third-order valence-electron chi connectivity index (χ3n) is 3.35. The van der Waals surface area contributed by atoms with Crippen LogP contribution in [0.3, 0.4) is 0 Å². The number of furan rings is 1. The summed E-state index contributed by atoms with van der Waals surface area (Å²) >= 11 is 0. The van der Waals surface area contributed by atoms with Gasteiger partial charge in [-0.15, -0.1) is 0 Å². The molecule has 2 rings (SSSR count). The molecule has 0 radical (unpaired) electrons. The molecule has 2 aromatic rings. The van der Waals surface area contributed by atoms with Gasteiger partial charge >= 0.3 is 0 Å². The van der Waals surface area contributed by atoms with Crippen molar-refractivity contribution >= 4 is 11.0 Å². The van der Waals surface area contributed by atoms with Crippen molar-refractivity contribution in [2.24, 2.45) is 5.92 Å². The molecular formula is C15H21NO. The van der Waals surface area contributed by atoms with Crippen molar-refractivity contribution in [3.05, 3.63) is 36.1 Å². The molecule has 0 fully saturated rings. The molecule has 0 saturated heterocycles. The highest BCUT2D eigenvalue weighted by molar-refractivity contribution is 5.77. The normalized spacial score (nSPS) is 13.4. The van der Waals surface area contributed by atoms with Gasteiger partial charge in [-0.05, 0) is 31.5 Å². The summed E-state index contributed by atoms with van der Waals surface area (Å²) in [5.74, 6) is 1.75. The van der Waals surface area contributed by atoms with Crippen molar-refractivity contribution in [1.29, 1.82) is 0 Å². The van der Waals surface area contributed by atoms with Gasteiger partial charge < -0.3 is 9.73 Å². The monoisotopic (exact) mass is 231 g/mol. The first kappa shape index (κ1) is 12.2. The molecule has 1 atom stereocenters. The van der Waals surface area contributed by atoms with E-state index < -0.39 is 0 Å². The van der Waals surface area contributed by atoms with E-state index in [0.717, 1.165) is 24.2 Å². The van der Waals surface area contributed by atoms with Crippen LogP contribution in [0.5, 0.6) is 0 Å². The number of para-hydroxylation sites is 1. The maximum atomic E-state index is 5.81. The Hall–Kier alpha value is -1.28. The minimum atomic E-state index is 0.559. The van der Waals surface area contributed by atoms with Gasteiger partial charge in [0.2, 0.25) is 0 Å². The summed E-state index contributed by atoms with van der Waals surface area (Å²) in [6, 6.07) is 10.9. The van der Waals surface area contributed by atoms with E-state index in [-0.39, 0.29) is 0 Å². The molecule has 2 nitrogen and oxygen atoms in total. The van der Waals surface area contributed by atoms with Crippen LogP contribution in [0.4, 0.5) is 0 Å². The third kappa shape index (κ3) is 2.89. The van der Waals surface area contributed by atoms with E-state index in [2.05, 4.69) is 31.3 Å². The molecule has 0 saturated carbocycles. The topological polar surface area (TPSA) is 25.2 Å². The number of nitrogens with one attached hydrogen (secondary N) is 1. The molecule has 0 amide bonds. The molecule has 1 aromatic carbocycles. The highest BCUT2D eigenvalue weighted by Gasteiger charge is 2.12. The lowest BCUT2D eigenvalue weighted by atomic mass is 9.99. The van der Waals surface area contributed by atoms with Crippen LogP contribution in [0.25, 0.3) is 11.0 Å². The van der Waals surface area contributed by atoms with E-state index in [9.17, 15) is 0 Å². The predicted octanol–water partition coefficient (Wildman–Crippen LogP) is 3.61. The molecular weight excluding hydrogens is 210 g/mol. The number of fused-ring (bicyclic) bond motifs is 1. The van der Waals surface area contributed by atoms with Gasteiger partial charge in [0, 0.05) is 17.8 Å². The first-order chi connectivity index (χ1) is 8.20. The molecule has 0 aliphatic carbocycles. The van der Waals surface area contributed by atoms with Gasteiger partial charge in [-0.25, -0.2) is 0 Å². The second-order valence-electron chi connectivity index (χ2n) is 4.93. The lowest BCUT2D eigenvalue weighted by molar-refractivity contribution is 0.390. The van der Waals surface area contributed by atoms with E-state index in [1.165, 1.54) is 5.39 Å². The van der Waals surface area contributed by atoms with Gasteiger partial charge in [0.1, 0.15) is 11.3 Å². The molecule has 1 aromatic heterocycles. The average Bonchev–Trinajstić information content (AvgIpc) is 2.71. The van der Waals surface area contributed by atoms with Crippen molar-refractivity contribution in [1.82, 2.24) is 5.32 Å². The fraction of sp³-hybridized carbons (Fsp3) is 0.467. The van der Waals surface area contributed by atoms with E-state index in [1.807, 2.05) is 25.2 Å². The molecule has 17 heavy (non-hydrogen) atoms. The van der Waals surface area contributed by atoms with Gasteiger partial charge in [0.15, 0.2) is 0 Å². The van der Waals surface area contributed by atoms with E-state index in [4.69, 9.17) is 4.42 Å². The molecule has 1 unspecified atom stereocenters. The van der Waals surface area contributed by atoms with Crippen LogP contribution >= 0.6 is 0 Å². The van der Waals surface area contributed by atoms with Crippen molar-refractivity contribution in [2.45, 2.75) is 32.7 Å². The van der Waals surface area contributed by atoms with Gasteiger partial charge in [-0.3, -0.25) is 0 Å². The average molecular weight is 231 g/mol. The maximum Gasteiger partial charge on any atom is 0.134 e. The van der Waals surface area contributed by atoms with Crippen LogP contribution in [0.2, 0.25) is 0 Å². The molecule has 0 aliphatic heterocycles. The highest BCUT2D eigenvalue weighted by atomic mass is 16.3. The summed E-state index contributed by atoms with van der Waals surface area (Å²) in [6.07, 6.45) is 2.12. The van der Waals surface area contributed by atoms with E-state index in [1.54, 1.807) is 0 Å². The minimum absolute atomic E-state index is 0.559. The standard InChI is InChI=1S/C15H21NO/c1-11(2)14(16-3)9-8-13-10-12-6-4-5-7-15(12)17-13/h4-7,10-11,14,16H,8-9H2,1-3H3. The van der Waals surface area contributed by atoms with Crippen molar-refractivity contribution in [3.63, 3.8) is 0 Å². The van der Waals surface area contributed by atoms with Crippen LogP contribution in [0, 0.1) is 5.92 Å². The summed E-state index contributed by atoms with van der Waals surface area (Å²) < 4.78 is 5.81. The maximum absolute atomic E-state index is 5.81. The summed E-state index contributed by atoms with van der Waals surface area (Å²) in [7, 11) is 2.03. The summed E-state index contributed by atoms with van der Waals surface area (Å²) in [4.78, 5) is 0. The van der Waals surface area contributed by atoms with Crippen LogP contribution in [-0.2, 0) is 6.42 Å². The Kier molecular flexibility index (Phi) is 3.85. The zero-order chi connectivity index (χ0) is 12.3. The zero-order valence-electron chi connectivity index (χ0n) is 10.9. The number of benzene rings is 1. The Morgan fingerprint density at radius 2 is 2.00 bits per heavy atom. The third-order valence-corrected chi connectivity index (χ3v) is 3.35. The minimum Gasteiger partial charge on any atom is -0.461 e. The van der Waals surface area contributed by atoms with Gasteiger partial charge in [0.05, 0.1) is 0 Å². The summed E-state index contributed by atoms with van der Waals surface area (Å²) in [5.41, 5.74) is 0.994. The molecule has 0 aliphatic rings. The van der Waals surface area contributed by atoms with Crippen molar-refractivity contribution in [3.8, 4) is 0 Å². The van der Waals surface area contributed by atoms with Crippen molar-refractivity contribution in [2.75, 3.05) is 7.05 Å². The van der Waals surface area contributed by atoms with Gasteiger partial charge in [-0.1, -0.05) is 32.0 Å². The van der Waals surface area contributed by atoms with Crippen LogP contribution < -0.4 is 5.32 Å². The highest BCUT2D eigenvalue weighted by Crippen LogP contribution is 2.20. The second kappa shape index (κ2) is 5.37. The molecule has 0 spiro atoms. The summed E-state index contributed by atoms with van der Waals surface area (Å²) in [6.45, 7) is 4.50. The number of hydrogen-bond acceptors (Lipinski definition) is 2. The fourth-order valence-electron chi connectivity index (χ4n) is 2.27. The molecule has 1 N–H and O–H groups in total. The smallest absolute Gasteiger partial charge is 0.134 e. The lowest BCUT2D eigenvalue weighted by Crippen LogP contribution is -2.30. The van der Waals surface area contributed by atoms with Crippen LogP contribution in [0.15, 0.2) is 34.7 Å². The Bertz CT molecular complexity index is 439. The fourth-order valence-corrected chi connectivity index (χ4v) is 2.27. The number of rotatable bonds is 5. The van der Waals surface area contributed by atoms with E-state index in [0.29, 0.717) is 12.0 Å². The van der Waals surface area contributed by atoms with E-state index >= 15 is 0 Å². The molecule has 92 valence electrons.